The fourth-order valence-electron chi connectivity index (χ4n) is 0.986. The molecular formula is C11H15NO4. The first-order valence-corrected chi connectivity index (χ1v) is 4.74. The summed E-state index contributed by atoms with van der Waals surface area (Å²) in [6, 6.07) is 7.94. The van der Waals surface area contributed by atoms with Crippen LogP contribution in [0.1, 0.15) is 18.9 Å². The maximum absolute atomic E-state index is 9.43. The van der Waals surface area contributed by atoms with Crippen molar-refractivity contribution in [2.75, 3.05) is 5.73 Å². The Morgan fingerprint density at radius 3 is 1.94 bits per heavy atom. The Balaban J connectivity index is 0.000000293. The van der Waals surface area contributed by atoms with Gasteiger partial charge in [-0.05, 0) is 18.1 Å². The zero-order chi connectivity index (χ0) is 12.6. The van der Waals surface area contributed by atoms with E-state index in [1.165, 1.54) is 5.56 Å². The van der Waals surface area contributed by atoms with Crippen LogP contribution in [-0.4, -0.2) is 22.2 Å². The van der Waals surface area contributed by atoms with Crippen LogP contribution >= 0.6 is 0 Å². The van der Waals surface area contributed by atoms with Crippen molar-refractivity contribution in [2.45, 2.75) is 19.8 Å². The molecule has 0 aliphatic carbocycles. The Morgan fingerprint density at radius 2 is 1.69 bits per heavy atom. The smallest absolute Gasteiger partial charge is 0.314 e. The molecule has 0 atom stereocenters. The number of rotatable bonds is 3. The monoisotopic (exact) mass is 225 g/mol. The molecule has 0 bridgehead atoms. The summed E-state index contributed by atoms with van der Waals surface area (Å²) in [5.74, 6) is -2.62. The normalized spacial score (nSPS) is 8.81. The number of hydrogen-bond donors (Lipinski definition) is 3. The molecule has 5 heteroatoms. The number of hydrogen-bond acceptors (Lipinski definition) is 3. The third-order valence-electron chi connectivity index (χ3n) is 1.74. The van der Waals surface area contributed by atoms with Gasteiger partial charge in [0.15, 0.2) is 0 Å². The molecular weight excluding hydrogens is 210 g/mol. The third-order valence-corrected chi connectivity index (χ3v) is 1.74. The van der Waals surface area contributed by atoms with Gasteiger partial charge in [-0.3, -0.25) is 9.59 Å². The SMILES string of the molecule is CCc1ccccc1N.O=C(O)CC(=O)O. The molecule has 0 heterocycles. The molecule has 0 unspecified atom stereocenters. The van der Waals surface area contributed by atoms with E-state index >= 15 is 0 Å². The Hall–Kier alpha value is -2.04. The second kappa shape index (κ2) is 7.28. The summed E-state index contributed by atoms with van der Waals surface area (Å²) in [5, 5.41) is 15.4. The molecule has 1 aromatic rings. The number of nitrogens with two attached hydrogens (primary N) is 1. The Morgan fingerprint density at radius 1 is 1.19 bits per heavy atom. The topological polar surface area (TPSA) is 101 Å². The lowest BCUT2D eigenvalue weighted by Gasteiger charge is -1.98. The molecule has 0 spiro atoms. The van der Waals surface area contributed by atoms with Crippen molar-refractivity contribution in [2.24, 2.45) is 0 Å². The average Bonchev–Trinajstić information content (AvgIpc) is 2.17. The van der Waals surface area contributed by atoms with Crippen molar-refractivity contribution >= 4 is 17.6 Å². The lowest BCUT2D eigenvalue weighted by molar-refractivity contribution is -0.147. The lowest BCUT2D eigenvalue weighted by atomic mass is 10.1. The summed E-state index contributed by atoms with van der Waals surface area (Å²) >= 11 is 0. The van der Waals surface area contributed by atoms with Crippen LogP contribution in [0.3, 0.4) is 0 Å². The molecule has 0 saturated carbocycles. The maximum Gasteiger partial charge on any atom is 0.314 e. The van der Waals surface area contributed by atoms with Gasteiger partial charge in [0.1, 0.15) is 6.42 Å². The van der Waals surface area contributed by atoms with Gasteiger partial charge in [0.25, 0.3) is 0 Å². The molecule has 4 N–H and O–H groups in total. The first-order valence-electron chi connectivity index (χ1n) is 4.74. The predicted molar refractivity (Wildman–Crippen MR) is 60.1 cm³/mol. The van der Waals surface area contributed by atoms with Crippen LogP contribution in [0, 0.1) is 0 Å². The number of aliphatic carboxylic acids is 2. The van der Waals surface area contributed by atoms with Gasteiger partial charge < -0.3 is 15.9 Å². The van der Waals surface area contributed by atoms with Crippen LogP contribution < -0.4 is 5.73 Å². The van der Waals surface area contributed by atoms with E-state index in [0.717, 1.165) is 12.1 Å². The summed E-state index contributed by atoms with van der Waals surface area (Å²) in [6.07, 6.45) is 0.215. The molecule has 1 aromatic carbocycles. The van der Waals surface area contributed by atoms with Crippen molar-refractivity contribution in [3.8, 4) is 0 Å². The number of nitrogen functional groups attached to an aromatic ring is 1. The number of benzene rings is 1. The second-order valence-corrected chi connectivity index (χ2v) is 3.02. The first-order chi connectivity index (χ1) is 7.47. The van der Waals surface area contributed by atoms with Crippen LogP contribution in [0.15, 0.2) is 24.3 Å². The standard InChI is InChI=1S/C8H11N.C3H4O4/c1-2-7-5-3-4-6-8(7)9;4-2(5)1-3(6)7/h3-6H,2,9H2,1H3;1H2,(H,4,5)(H,6,7). The summed E-state index contributed by atoms with van der Waals surface area (Å²) in [6.45, 7) is 2.10. The Kier molecular flexibility index (Phi) is 6.35. The van der Waals surface area contributed by atoms with Gasteiger partial charge in [0.05, 0.1) is 0 Å². The quantitative estimate of drug-likeness (QED) is 0.533. The average molecular weight is 225 g/mol. The summed E-state index contributed by atoms with van der Waals surface area (Å²) in [5.41, 5.74) is 7.77. The van der Waals surface area contributed by atoms with Gasteiger partial charge in [-0.15, -0.1) is 0 Å². The highest BCUT2D eigenvalue weighted by Gasteiger charge is 2.01. The number of carboxylic acid groups (broad SMARTS) is 2. The molecule has 1 rings (SSSR count). The van der Waals surface area contributed by atoms with Crippen molar-refractivity contribution in [3.63, 3.8) is 0 Å². The van der Waals surface area contributed by atoms with E-state index in [1.54, 1.807) is 0 Å². The van der Waals surface area contributed by atoms with Gasteiger partial charge in [-0.1, -0.05) is 25.1 Å². The summed E-state index contributed by atoms with van der Waals surface area (Å²) in [7, 11) is 0. The molecule has 0 amide bonds. The molecule has 0 aromatic heterocycles. The zero-order valence-electron chi connectivity index (χ0n) is 9.01. The fourth-order valence-corrected chi connectivity index (χ4v) is 0.986. The fraction of sp³-hybridized carbons (Fsp3) is 0.273. The summed E-state index contributed by atoms with van der Waals surface area (Å²) in [4.78, 5) is 18.9. The molecule has 0 aliphatic heterocycles. The third kappa shape index (κ3) is 6.42. The molecule has 0 fully saturated rings. The van der Waals surface area contributed by atoms with Crippen molar-refractivity contribution in [3.05, 3.63) is 29.8 Å². The van der Waals surface area contributed by atoms with Gasteiger partial charge in [-0.25, -0.2) is 0 Å². The first kappa shape index (κ1) is 14.0. The number of aryl methyl sites for hydroxylation is 1. The maximum atomic E-state index is 9.43. The molecule has 88 valence electrons. The van der Waals surface area contributed by atoms with Crippen molar-refractivity contribution < 1.29 is 19.8 Å². The Bertz CT molecular complexity index is 351. The highest BCUT2D eigenvalue weighted by atomic mass is 16.4. The molecule has 0 saturated heterocycles. The minimum Gasteiger partial charge on any atom is -0.481 e. The predicted octanol–water partition coefficient (Wildman–Crippen LogP) is 1.38. The van der Waals surface area contributed by atoms with E-state index in [0.29, 0.717) is 0 Å². The van der Waals surface area contributed by atoms with Crippen LogP contribution in [0.5, 0.6) is 0 Å². The Labute approximate surface area is 93.5 Å². The van der Waals surface area contributed by atoms with Crippen LogP contribution in [0.2, 0.25) is 0 Å². The largest absolute Gasteiger partial charge is 0.481 e. The number of anilines is 1. The van der Waals surface area contributed by atoms with Gasteiger partial charge in [0, 0.05) is 5.69 Å². The lowest BCUT2D eigenvalue weighted by Crippen LogP contribution is -2.03. The highest BCUT2D eigenvalue weighted by Crippen LogP contribution is 2.09. The summed E-state index contributed by atoms with van der Waals surface area (Å²) < 4.78 is 0. The van der Waals surface area contributed by atoms with E-state index in [2.05, 4.69) is 13.0 Å². The second-order valence-electron chi connectivity index (χ2n) is 3.02. The van der Waals surface area contributed by atoms with Gasteiger partial charge >= 0.3 is 11.9 Å². The molecule has 0 aliphatic rings. The molecule has 5 nitrogen and oxygen atoms in total. The van der Waals surface area contributed by atoms with Gasteiger partial charge in [0.2, 0.25) is 0 Å². The zero-order valence-corrected chi connectivity index (χ0v) is 9.01. The molecule has 16 heavy (non-hydrogen) atoms. The highest BCUT2D eigenvalue weighted by molar-refractivity contribution is 5.88. The van der Waals surface area contributed by atoms with Crippen LogP contribution in [0.25, 0.3) is 0 Å². The van der Waals surface area contributed by atoms with E-state index in [4.69, 9.17) is 15.9 Å². The molecule has 0 radical (unpaired) electrons. The number of para-hydroxylation sites is 1. The van der Waals surface area contributed by atoms with Crippen molar-refractivity contribution in [1.82, 2.24) is 0 Å². The van der Waals surface area contributed by atoms with Crippen LogP contribution in [0.4, 0.5) is 5.69 Å². The van der Waals surface area contributed by atoms with Crippen LogP contribution in [-0.2, 0) is 16.0 Å². The minimum atomic E-state index is -1.31. The van der Waals surface area contributed by atoms with E-state index < -0.39 is 18.4 Å². The number of carboxylic acids is 2. The van der Waals surface area contributed by atoms with Crippen molar-refractivity contribution in [1.29, 1.82) is 0 Å². The van der Waals surface area contributed by atoms with E-state index in [9.17, 15) is 9.59 Å². The van der Waals surface area contributed by atoms with E-state index in [1.807, 2.05) is 18.2 Å². The number of carbonyl (C=O) groups is 2. The minimum absolute atomic E-state index is 0.806. The van der Waals surface area contributed by atoms with Gasteiger partial charge in [-0.2, -0.15) is 0 Å². The van der Waals surface area contributed by atoms with E-state index in [-0.39, 0.29) is 0 Å².